The fourth-order valence-corrected chi connectivity index (χ4v) is 3.28. The summed E-state index contributed by atoms with van der Waals surface area (Å²) in [5, 5.41) is 1.18. The number of hydrogen-bond acceptors (Lipinski definition) is 4. The van der Waals surface area contributed by atoms with Crippen molar-refractivity contribution in [3.05, 3.63) is 41.6 Å². The maximum Gasteiger partial charge on any atom is 0.410 e. The minimum atomic E-state index is -0.442. The van der Waals surface area contributed by atoms with Crippen LogP contribution in [0.5, 0.6) is 0 Å². The summed E-state index contributed by atoms with van der Waals surface area (Å²) in [4.78, 5) is 21.1. The van der Waals surface area contributed by atoms with Crippen LogP contribution in [0.2, 0.25) is 0 Å². The van der Waals surface area contributed by atoms with Gasteiger partial charge in [-0.1, -0.05) is 26.0 Å². The molecule has 1 aliphatic heterocycles. The maximum atomic E-state index is 12.2. The van der Waals surface area contributed by atoms with Crippen molar-refractivity contribution in [2.75, 3.05) is 26.2 Å². The molecule has 0 atom stereocenters. The lowest BCUT2D eigenvalue weighted by atomic mass is 10.1. The van der Waals surface area contributed by atoms with Crippen LogP contribution in [0.1, 0.15) is 51.8 Å². The number of piperazine rings is 1. The van der Waals surface area contributed by atoms with Gasteiger partial charge in [0.2, 0.25) is 0 Å². The number of carbonyl (C=O) groups excluding carboxylic acids is 1. The van der Waals surface area contributed by atoms with Crippen LogP contribution in [0, 0.1) is 0 Å². The fraction of sp³-hybridized carbons (Fsp3) is 0.545. The summed E-state index contributed by atoms with van der Waals surface area (Å²) in [6, 6.07) is 10.8. The number of rotatable bonds is 3. The van der Waals surface area contributed by atoms with Crippen LogP contribution in [0.15, 0.2) is 30.3 Å². The lowest BCUT2D eigenvalue weighted by Gasteiger charge is -2.35. The maximum absolute atomic E-state index is 12.2. The van der Waals surface area contributed by atoms with Gasteiger partial charge in [-0.3, -0.25) is 9.88 Å². The number of carbonyl (C=O) groups is 1. The Hall–Kier alpha value is -2.14. The van der Waals surface area contributed by atoms with Gasteiger partial charge in [-0.15, -0.1) is 0 Å². The van der Waals surface area contributed by atoms with E-state index in [1.54, 1.807) is 4.90 Å². The Morgan fingerprint density at radius 1 is 1.11 bits per heavy atom. The molecular formula is C22H31N3O2. The van der Waals surface area contributed by atoms with Crippen LogP contribution in [0.25, 0.3) is 10.9 Å². The summed E-state index contributed by atoms with van der Waals surface area (Å²) in [5.41, 5.74) is 3.03. The Balaban J connectivity index is 1.59. The first-order chi connectivity index (χ1) is 12.7. The molecule has 0 radical (unpaired) electrons. The molecule has 0 aliphatic carbocycles. The van der Waals surface area contributed by atoms with Crippen molar-refractivity contribution in [3.63, 3.8) is 0 Å². The summed E-state index contributed by atoms with van der Waals surface area (Å²) in [5.74, 6) is 0.440. The first-order valence-electron chi connectivity index (χ1n) is 9.81. The molecule has 3 rings (SSSR count). The van der Waals surface area contributed by atoms with Gasteiger partial charge in [0.25, 0.3) is 0 Å². The number of amides is 1. The van der Waals surface area contributed by atoms with Gasteiger partial charge in [0.15, 0.2) is 0 Å². The topological polar surface area (TPSA) is 45.7 Å². The van der Waals surface area contributed by atoms with Crippen molar-refractivity contribution < 1.29 is 9.53 Å². The molecule has 146 valence electrons. The quantitative estimate of drug-likeness (QED) is 0.804. The summed E-state index contributed by atoms with van der Waals surface area (Å²) in [6.45, 7) is 14.1. The number of pyridine rings is 1. The van der Waals surface area contributed by atoms with Crippen molar-refractivity contribution in [3.8, 4) is 0 Å². The van der Waals surface area contributed by atoms with E-state index in [-0.39, 0.29) is 6.09 Å². The number of benzene rings is 1. The number of ether oxygens (including phenoxy) is 1. The van der Waals surface area contributed by atoms with E-state index >= 15 is 0 Å². The van der Waals surface area contributed by atoms with E-state index in [9.17, 15) is 4.79 Å². The molecule has 27 heavy (non-hydrogen) atoms. The Bertz CT molecular complexity index is 803. The van der Waals surface area contributed by atoms with Gasteiger partial charge in [0.1, 0.15) is 5.60 Å². The molecule has 1 amide bonds. The van der Waals surface area contributed by atoms with Crippen molar-refractivity contribution >= 4 is 17.0 Å². The van der Waals surface area contributed by atoms with Gasteiger partial charge >= 0.3 is 6.09 Å². The average Bonchev–Trinajstić information content (AvgIpc) is 2.60. The van der Waals surface area contributed by atoms with E-state index in [0.29, 0.717) is 19.0 Å². The minimum Gasteiger partial charge on any atom is -0.444 e. The van der Waals surface area contributed by atoms with Crippen molar-refractivity contribution in [2.45, 2.75) is 52.7 Å². The third-order valence-corrected chi connectivity index (χ3v) is 4.80. The smallest absolute Gasteiger partial charge is 0.410 e. The zero-order valence-electron chi connectivity index (χ0n) is 17.2. The number of aromatic nitrogens is 1. The molecule has 1 aromatic carbocycles. The van der Waals surface area contributed by atoms with E-state index in [1.807, 2.05) is 20.8 Å². The van der Waals surface area contributed by atoms with Crippen molar-refractivity contribution in [2.24, 2.45) is 0 Å². The van der Waals surface area contributed by atoms with Crippen LogP contribution < -0.4 is 0 Å². The standard InChI is InChI=1S/C22H31N3O2/c1-16(2)19-9-7-18-14-17(6-8-20(18)23-19)15-24-10-12-25(13-11-24)21(26)27-22(3,4)5/h6-9,14,16H,10-13,15H2,1-5H3. The molecule has 1 aromatic heterocycles. The first kappa shape index (κ1) is 19.6. The van der Waals surface area contributed by atoms with E-state index < -0.39 is 5.60 Å². The third kappa shape index (κ3) is 5.19. The van der Waals surface area contributed by atoms with Gasteiger partial charge < -0.3 is 9.64 Å². The Morgan fingerprint density at radius 3 is 2.44 bits per heavy atom. The normalized spacial score (nSPS) is 16.1. The number of hydrogen-bond donors (Lipinski definition) is 0. The molecule has 5 nitrogen and oxygen atoms in total. The minimum absolute atomic E-state index is 0.208. The summed E-state index contributed by atoms with van der Waals surface area (Å²) in [6.07, 6.45) is -0.208. The number of nitrogens with zero attached hydrogens (tertiary/aromatic N) is 3. The molecule has 5 heteroatoms. The molecule has 1 fully saturated rings. The highest BCUT2D eigenvalue weighted by Crippen LogP contribution is 2.20. The molecule has 0 spiro atoms. The van der Waals surface area contributed by atoms with Gasteiger partial charge in [-0.25, -0.2) is 4.79 Å². The monoisotopic (exact) mass is 369 g/mol. The van der Waals surface area contributed by atoms with E-state index in [4.69, 9.17) is 9.72 Å². The Kier molecular flexibility index (Phi) is 5.70. The molecule has 0 bridgehead atoms. The largest absolute Gasteiger partial charge is 0.444 e. The van der Waals surface area contributed by atoms with Gasteiger partial charge in [0, 0.05) is 43.8 Å². The number of fused-ring (bicyclic) bond motifs is 1. The molecule has 1 saturated heterocycles. The third-order valence-electron chi connectivity index (χ3n) is 4.80. The summed E-state index contributed by atoms with van der Waals surface area (Å²) in [7, 11) is 0. The van der Waals surface area contributed by atoms with Gasteiger partial charge in [-0.05, 0) is 50.5 Å². The van der Waals surface area contributed by atoms with E-state index in [0.717, 1.165) is 30.8 Å². The molecule has 0 N–H and O–H groups in total. The van der Waals surface area contributed by atoms with Crippen LogP contribution in [-0.4, -0.2) is 52.7 Å². The van der Waals surface area contributed by atoms with Crippen LogP contribution in [0.3, 0.4) is 0 Å². The van der Waals surface area contributed by atoms with Gasteiger partial charge in [0.05, 0.1) is 5.52 Å². The molecule has 0 saturated carbocycles. The molecule has 0 unspecified atom stereocenters. The molecule has 2 heterocycles. The van der Waals surface area contributed by atoms with Gasteiger partial charge in [-0.2, -0.15) is 0 Å². The highest BCUT2D eigenvalue weighted by atomic mass is 16.6. The lowest BCUT2D eigenvalue weighted by molar-refractivity contribution is 0.0139. The highest BCUT2D eigenvalue weighted by molar-refractivity contribution is 5.79. The first-order valence-corrected chi connectivity index (χ1v) is 9.81. The van der Waals surface area contributed by atoms with Crippen molar-refractivity contribution in [1.29, 1.82) is 0 Å². The predicted octanol–water partition coefficient (Wildman–Crippen LogP) is 4.41. The summed E-state index contributed by atoms with van der Waals surface area (Å²) >= 11 is 0. The predicted molar refractivity (Wildman–Crippen MR) is 109 cm³/mol. The average molecular weight is 370 g/mol. The second-order valence-corrected chi connectivity index (χ2v) is 8.66. The van der Waals surface area contributed by atoms with Crippen LogP contribution >= 0.6 is 0 Å². The second-order valence-electron chi connectivity index (χ2n) is 8.66. The summed E-state index contributed by atoms with van der Waals surface area (Å²) < 4.78 is 5.47. The zero-order valence-corrected chi connectivity index (χ0v) is 17.2. The SMILES string of the molecule is CC(C)c1ccc2cc(CN3CCN(C(=O)OC(C)(C)C)CC3)ccc2n1. The molecule has 2 aromatic rings. The van der Waals surface area contributed by atoms with E-state index in [1.165, 1.54) is 10.9 Å². The van der Waals surface area contributed by atoms with Crippen LogP contribution in [-0.2, 0) is 11.3 Å². The lowest BCUT2D eigenvalue weighted by Crippen LogP contribution is -2.49. The molecular weight excluding hydrogens is 338 g/mol. The van der Waals surface area contributed by atoms with Crippen LogP contribution in [0.4, 0.5) is 4.79 Å². The second kappa shape index (κ2) is 7.85. The Morgan fingerprint density at radius 2 is 1.81 bits per heavy atom. The highest BCUT2D eigenvalue weighted by Gasteiger charge is 2.25. The van der Waals surface area contributed by atoms with E-state index in [2.05, 4.69) is 49.1 Å². The molecule has 1 aliphatic rings. The zero-order chi connectivity index (χ0) is 19.6. The fourth-order valence-electron chi connectivity index (χ4n) is 3.28. The Labute approximate surface area is 162 Å². The van der Waals surface area contributed by atoms with Crippen molar-refractivity contribution in [1.82, 2.24) is 14.8 Å².